The van der Waals surface area contributed by atoms with Gasteiger partial charge in [-0.05, 0) is 55.8 Å². The molecule has 0 bridgehead atoms. The average molecular weight is 401 g/mol. The standard InChI is InChI=1S/C23H16FN3OS/c1-13-14(2)29-23(19(13)12-25)27-22(28)18-11-21(15-7-9-16(24)10-8-15)26-20-6-4-3-5-17(18)20/h3-11H,1-2H3,(H,27,28). The van der Waals surface area contributed by atoms with Crippen LogP contribution < -0.4 is 5.32 Å². The second-order valence-electron chi connectivity index (χ2n) is 6.63. The number of thiophene rings is 1. The molecular formula is C23H16FN3OS. The first-order valence-electron chi connectivity index (χ1n) is 8.95. The zero-order chi connectivity index (χ0) is 20.5. The third-order valence-corrected chi connectivity index (χ3v) is 5.95. The number of amides is 1. The van der Waals surface area contributed by atoms with Crippen LogP contribution in [0, 0.1) is 31.0 Å². The van der Waals surface area contributed by atoms with Gasteiger partial charge in [-0.2, -0.15) is 5.26 Å². The SMILES string of the molecule is Cc1sc(NC(=O)c2cc(-c3ccc(F)cc3)nc3ccccc23)c(C#N)c1C. The molecule has 0 unspecified atom stereocenters. The fourth-order valence-electron chi connectivity index (χ4n) is 3.15. The Labute approximate surface area is 171 Å². The van der Waals surface area contributed by atoms with Gasteiger partial charge in [0.05, 0.1) is 22.3 Å². The lowest BCUT2D eigenvalue weighted by molar-refractivity contribution is 0.102. The van der Waals surface area contributed by atoms with Gasteiger partial charge in [0.1, 0.15) is 16.9 Å². The molecule has 0 saturated heterocycles. The summed E-state index contributed by atoms with van der Waals surface area (Å²) in [6, 6.07) is 17.2. The van der Waals surface area contributed by atoms with Crippen LogP contribution in [0.5, 0.6) is 0 Å². The van der Waals surface area contributed by atoms with Gasteiger partial charge in [0, 0.05) is 15.8 Å². The molecule has 0 aliphatic heterocycles. The van der Waals surface area contributed by atoms with Crippen molar-refractivity contribution in [2.24, 2.45) is 0 Å². The molecular weight excluding hydrogens is 385 g/mol. The lowest BCUT2D eigenvalue weighted by atomic mass is 10.0. The molecule has 0 spiro atoms. The summed E-state index contributed by atoms with van der Waals surface area (Å²) in [5.41, 5.74) is 3.76. The van der Waals surface area contributed by atoms with Crippen LogP contribution in [0.2, 0.25) is 0 Å². The van der Waals surface area contributed by atoms with Gasteiger partial charge in [-0.15, -0.1) is 11.3 Å². The lowest BCUT2D eigenvalue weighted by Crippen LogP contribution is -2.13. The van der Waals surface area contributed by atoms with Crippen LogP contribution in [-0.2, 0) is 0 Å². The number of anilines is 1. The third kappa shape index (κ3) is 3.48. The van der Waals surface area contributed by atoms with Crippen molar-refractivity contribution < 1.29 is 9.18 Å². The van der Waals surface area contributed by atoms with Crippen LogP contribution in [0.4, 0.5) is 9.39 Å². The van der Waals surface area contributed by atoms with Crippen LogP contribution >= 0.6 is 11.3 Å². The number of halogens is 1. The van der Waals surface area contributed by atoms with Gasteiger partial charge < -0.3 is 5.32 Å². The zero-order valence-electron chi connectivity index (χ0n) is 15.8. The third-order valence-electron chi connectivity index (χ3n) is 4.82. The van der Waals surface area contributed by atoms with E-state index in [-0.39, 0.29) is 11.7 Å². The molecule has 0 fully saturated rings. The number of benzene rings is 2. The fraction of sp³-hybridized carbons (Fsp3) is 0.0870. The first-order chi connectivity index (χ1) is 14.0. The maximum Gasteiger partial charge on any atom is 0.257 e. The molecule has 142 valence electrons. The summed E-state index contributed by atoms with van der Waals surface area (Å²) in [6.45, 7) is 3.79. The predicted octanol–water partition coefficient (Wildman–Crippen LogP) is 5.84. The van der Waals surface area contributed by atoms with Crippen LogP contribution in [0.15, 0.2) is 54.6 Å². The van der Waals surface area contributed by atoms with Crippen molar-refractivity contribution in [1.82, 2.24) is 4.98 Å². The molecule has 2 aromatic heterocycles. The molecule has 0 atom stereocenters. The van der Waals surface area contributed by atoms with Gasteiger partial charge >= 0.3 is 0 Å². The molecule has 6 heteroatoms. The number of hydrogen-bond acceptors (Lipinski definition) is 4. The zero-order valence-corrected chi connectivity index (χ0v) is 16.6. The number of carbonyl (C=O) groups excluding carboxylic acids is 1. The van der Waals surface area contributed by atoms with Crippen molar-refractivity contribution in [3.05, 3.63) is 82.0 Å². The van der Waals surface area contributed by atoms with E-state index in [1.807, 2.05) is 38.1 Å². The summed E-state index contributed by atoms with van der Waals surface area (Å²) in [5.74, 6) is -0.648. The van der Waals surface area contributed by atoms with E-state index in [4.69, 9.17) is 0 Å². The summed E-state index contributed by atoms with van der Waals surface area (Å²) in [4.78, 5) is 18.8. The van der Waals surface area contributed by atoms with Crippen LogP contribution in [0.1, 0.15) is 26.4 Å². The molecule has 1 N–H and O–H groups in total. The number of nitriles is 1. The molecule has 0 radical (unpaired) electrons. The van der Waals surface area contributed by atoms with Gasteiger partial charge in [0.15, 0.2) is 0 Å². The van der Waals surface area contributed by atoms with Crippen LogP contribution in [0.25, 0.3) is 22.2 Å². The van der Waals surface area contributed by atoms with Gasteiger partial charge in [-0.25, -0.2) is 9.37 Å². The highest BCUT2D eigenvalue weighted by molar-refractivity contribution is 7.16. The maximum atomic E-state index is 13.3. The Kier molecular flexibility index (Phi) is 4.83. The van der Waals surface area contributed by atoms with E-state index >= 15 is 0 Å². The number of pyridine rings is 1. The van der Waals surface area contributed by atoms with E-state index in [1.54, 1.807) is 18.2 Å². The topological polar surface area (TPSA) is 65.8 Å². The number of nitrogens with zero attached hydrogens (tertiary/aromatic N) is 2. The number of fused-ring (bicyclic) bond motifs is 1. The molecule has 4 aromatic rings. The van der Waals surface area contributed by atoms with Crippen LogP contribution in [-0.4, -0.2) is 10.9 Å². The lowest BCUT2D eigenvalue weighted by Gasteiger charge is -2.10. The van der Waals surface area contributed by atoms with Crippen molar-refractivity contribution >= 4 is 33.1 Å². The number of carbonyl (C=O) groups is 1. The normalized spacial score (nSPS) is 10.7. The molecule has 2 aromatic carbocycles. The molecule has 4 nitrogen and oxygen atoms in total. The van der Waals surface area contributed by atoms with Crippen molar-refractivity contribution in [3.63, 3.8) is 0 Å². The number of rotatable bonds is 3. The Morgan fingerprint density at radius 2 is 1.86 bits per heavy atom. The van der Waals surface area contributed by atoms with Gasteiger partial charge in [-0.1, -0.05) is 18.2 Å². The van der Waals surface area contributed by atoms with E-state index in [1.165, 1.54) is 23.5 Å². The van der Waals surface area contributed by atoms with Gasteiger partial charge in [0.25, 0.3) is 5.91 Å². The van der Waals surface area contributed by atoms with E-state index in [0.29, 0.717) is 38.3 Å². The Balaban J connectivity index is 1.82. The Hall–Kier alpha value is -3.56. The molecule has 0 aliphatic carbocycles. The molecule has 2 heterocycles. The number of aromatic nitrogens is 1. The number of para-hydroxylation sites is 1. The minimum atomic E-state index is -0.333. The highest BCUT2D eigenvalue weighted by Gasteiger charge is 2.18. The van der Waals surface area contributed by atoms with Crippen molar-refractivity contribution in [1.29, 1.82) is 5.26 Å². The highest BCUT2D eigenvalue weighted by atomic mass is 32.1. The summed E-state index contributed by atoms with van der Waals surface area (Å²) < 4.78 is 13.3. The number of aryl methyl sites for hydroxylation is 1. The Morgan fingerprint density at radius 3 is 2.59 bits per heavy atom. The molecule has 4 rings (SSSR count). The van der Waals surface area contributed by atoms with Gasteiger partial charge in [0.2, 0.25) is 0 Å². The van der Waals surface area contributed by atoms with E-state index < -0.39 is 0 Å². The van der Waals surface area contributed by atoms with E-state index in [0.717, 1.165) is 10.4 Å². The average Bonchev–Trinajstić information content (AvgIpc) is 3.00. The summed E-state index contributed by atoms with van der Waals surface area (Å²) in [6.07, 6.45) is 0. The first-order valence-corrected chi connectivity index (χ1v) is 9.76. The summed E-state index contributed by atoms with van der Waals surface area (Å²) >= 11 is 1.38. The highest BCUT2D eigenvalue weighted by Crippen LogP contribution is 2.33. The Morgan fingerprint density at radius 1 is 1.14 bits per heavy atom. The van der Waals surface area contributed by atoms with Crippen molar-refractivity contribution in [3.8, 4) is 17.3 Å². The molecule has 1 amide bonds. The van der Waals surface area contributed by atoms with E-state index in [2.05, 4.69) is 16.4 Å². The first kappa shape index (κ1) is 18.8. The number of hydrogen-bond donors (Lipinski definition) is 1. The summed E-state index contributed by atoms with van der Waals surface area (Å²) in [5, 5.41) is 13.6. The minimum Gasteiger partial charge on any atom is -0.312 e. The quantitative estimate of drug-likeness (QED) is 0.469. The second-order valence-corrected chi connectivity index (χ2v) is 7.86. The predicted molar refractivity (Wildman–Crippen MR) is 114 cm³/mol. The Bertz CT molecular complexity index is 1290. The number of nitrogens with one attached hydrogen (secondary N) is 1. The monoisotopic (exact) mass is 401 g/mol. The second kappa shape index (κ2) is 7.46. The van der Waals surface area contributed by atoms with Crippen LogP contribution in [0.3, 0.4) is 0 Å². The minimum absolute atomic E-state index is 0.315. The van der Waals surface area contributed by atoms with E-state index in [9.17, 15) is 14.4 Å². The van der Waals surface area contributed by atoms with Crippen molar-refractivity contribution in [2.45, 2.75) is 13.8 Å². The fourth-order valence-corrected chi connectivity index (χ4v) is 4.16. The molecule has 0 saturated carbocycles. The molecule has 0 aliphatic rings. The van der Waals surface area contributed by atoms with Crippen molar-refractivity contribution in [2.75, 3.05) is 5.32 Å². The largest absolute Gasteiger partial charge is 0.312 e. The summed E-state index contributed by atoms with van der Waals surface area (Å²) in [7, 11) is 0. The smallest absolute Gasteiger partial charge is 0.257 e. The molecule has 29 heavy (non-hydrogen) atoms. The maximum absolute atomic E-state index is 13.3. The van der Waals surface area contributed by atoms with Gasteiger partial charge in [-0.3, -0.25) is 4.79 Å².